The van der Waals surface area contributed by atoms with Gasteiger partial charge in [0.25, 0.3) is 0 Å². The van der Waals surface area contributed by atoms with Crippen molar-refractivity contribution in [3.8, 4) is 0 Å². The van der Waals surface area contributed by atoms with E-state index in [4.69, 9.17) is 42.6 Å². The Bertz CT molecular complexity index is 983. The number of rotatable bonds is 34. The molecule has 300 valence electrons. The Labute approximate surface area is 306 Å². The second-order valence-corrected chi connectivity index (χ2v) is 10.7. The third-order valence-corrected chi connectivity index (χ3v) is 5.94. The van der Waals surface area contributed by atoms with Crippen LogP contribution in [0.3, 0.4) is 0 Å². The summed E-state index contributed by atoms with van der Waals surface area (Å²) in [4.78, 5) is 71.6. The average molecular weight is 752 g/mol. The Morgan fingerprint density at radius 3 is 1.31 bits per heavy atom. The van der Waals surface area contributed by atoms with Crippen LogP contribution in [0.15, 0.2) is 0 Å². The molecular weight excluding hydrogens is 693 g/mol. The van der Waals surface area contributed by atoms with Crippen molar-refractivity contribution in [2.24, 2.45) is 0 Å². The van der Waals surface area contributed by atoms with E-state index in [9.17, 15) is 28.8 Å². The molecule has 0 aromatic heterocycles. The van der Waals surface area contributed by atoms with E-state index in [-0.39, 0.29) is 71.4 Å². The first kappa shape index (κ1) is 48.2. The summed E-state index contributed by atoms with van der Waals surface area (Å²) in [6.07, 6.45) is -0.115. The normalized spacial score (nSPS) is 10.7. The molecule has 0 rings (SSSR count). The highest BCUT2D eigenvalue weighted by Gasteiger charge is 2.12. The predicted molar refractivity (Wildman–Crippen MR) is 187 cm³/mol. The molecule has 0 fully saturated rings. The third-order valence-electron chi connectivity index (χ3n) is 5.94. The first-order valence-electron chi connectivity index (χ1n) is 17.4. The van der Waals surface area contributed by atoms with Gasteiger partial charge in [0.1, 0.15) is 26.4 Å². The van der Waals surface area contributed by atoms with Crippen LogP contribution < -0.4 is 21.3 Å². The van der Waals surface area contributed by atoms with Crippen LogP contribution in [-0.4, -0.2) is 187 Å². The lowest BCUT2D eigenvalue weighted by Gasteiger charge is -2.20. The van der Waals surface area contributed by atoms with Crippen LogP contribution in [-0.2, 0) is 57.0 Å². The maximum Gasteiger partial charge on any atom is 0.407 e. The van der Waals surface area contributed by atoms with E-state index >= 15 is 0 Å². The van der Waals surface area contributed by atoms with Crippen LogP contribution in [0.5, 0.6) is 0 Å². The van der Waals surface area contributed by atoms with Gasteiger partial charge in [-0.1, -0.05) is 13.8 Å². The summed E-state index contributed by atoms with van der Waals surface area (Å²) in [6.45, 7) is 7.67. The number of ether oxygens (including phenoxy) is 9. The Morgan fingerprint density at radius 1 is 0.481 bits per heavy atom. The predicted octanol–water partition coefficient (Wildman–Crippen LogP) is -1.81. The standard InChI is InChI=1S/C31H58BN5O15/c1-3-11-50-29(41)34-6-14-45-20-19-44-13-5-33-27(39)24-48-25-28(40)49-17-9-37(23-26(32)38)10-18-52-31(43)36-8-16-47-22-21-46-15-7-35-30(42)51-12-4-2/h3-25,32H2,1-2H3,(H,33,39)(H,34,41)(H,35,42)(H,36,43). The minimum atomic E-state index is -0.683. The van der Waals surface area contributed by atoms with Gasteiger partial charge in [-0.05, 0) is 12.8 Å². The van der Waals surface area contributed by atoms with Crippen LogP contribution in [0, 0.1) is 0 Å². The number of hydrogen-bond donors (Lipinski definition) is 4. The Balaban J connectivity index is 3.80. The van der Waals surface area contributed by atoms with Gasteiger partial charge in [0, 0.05) is 45.8 Å². The molecule has 0 aliphatic heterocycles. The zero-order valence-electron chi connectivity index (χ0n) is 30.8. The number of esters is 1. The van der Waals surface area contributed by atoms with Gasteiger partial charge >= 0.3 is 24.2 Å². The van der Waals surface area contributed by atoms with Crippen molar-refractivity contribution in [1.82, 2.24) is 26.2 Å². The van der Waals surface area contributed by atoms with Crippen LogP contribution in [0.2, 0.25) is 0 Å². The smallest absolute Gasteiger partial charge is 0.407 e. The molecule has 4 amide bonds. The van der Waals surface area contributed by atoms with E-state index in [0.29, 0.717) is 65.9 Å². The van der Waals surface area contributed by atoms with Crippen LogP contribution >= 0.6 is 0 Å². The lowest BCUT2D eigenvalue weighted by atomic mass is 10.0. The van der Waals surface area contributed by atoms with Gasteiger partial charge in [-0.15, -0.1) is 0 Å². The van der Waals surface area contributed by atoms with Gasteiger partial charge in [0.2, 0.25) is 5.91 Å². The number of nitrogens with zero attached hydrogens (tertiary/aromatic N) is 1. The number of hydrogen-bond acceptors (Lipinski definition) is 16. The zero-order valence-corrected chi connectivity index (χ0v) is 30.8. The van der Waals surface area contributed by atoms with E-state index in [1.165, 1.54) is 7.85 Å². The van der Waals surface area contributed by atoms with Crippen LogP contribution in [0.25, 0.3) is 0 Å². The highest BCUT2D eigenvalue weighted by Crippen LogP contribution is 1.93. The second-order valence-electron chi connectivity index (χ2n) is 10.7. The van der Waals surface area contributed by atoms with Crippen molar-refractivity contribution in [1.29, 1.82) is 0 Å². The average Bonchev–Trinajstić information content (AvgIpc) is 3.10. The summed E-state index contributed by atoms with van der Waals surface area (Å²) in [6, 6.07) is 0. The lowest BCUT2D eigenvalue weighted by Crippen LogP contribution is -2.37. The maximum atomic E-state index is 12.0. The highest BCUT2D eigenvalue weighted by atomic mass is 16.6. The summed E-state index contributed by atoms with van der Waals surface area (Å²) in [5.74, 6) is -1.12. The molecule has 0 aliphatic carbocycles. The Morgan fingerprint density at radius 2 is 0.885 bits per heavy atom. The molecule has 0 radical (unpaired) electrons. The number of amides is 4. The van der Waals surface area contributed by atoms with Gasteiger partial charge in [-0.2, -0.15) is 0 Å². The van der Waals surface area contributed by atoms with Crippen molar-refractivity contribution in [2.75, 3.05) is 138 Å². The minimum Gasteiger partial charge on any atom is -0.463 e. The Hall–Kier alpha value is -3.76. The van der Waals surface area contributed by atoms with Gasteiger partial charge in [0.15, 0.2) is 7.85 Å². The fourth-order valence-corrected chi connectivity index (χ4v) is 3.59. The van der Waals surface area contributed by atoms with Gasteiger partial charge in [-0.25, -0.2) is 19.2 Å². The topological polar surface area (TPSA) is 237 Å². The van der Waals surface area contributed by atoms with Crippen molar-refractivity contribution in [3.05, 3.63) is 0 Å². The zero-order chi connectivity index (χ0) is 38.5. The quantitative estimate of drug-likeness (QED) is 0.0245. The molecule has 0 heterocycles. The molecule has 0 bridgehead atoms. The van der Waals surface area contributed by atoms with E-state index in [1.807, 2.05) is 13.8 Å². The molecule has 0 atom stereocenters. The number of carbonyl (C=O) groups is 6. The number of nitrogens with one attached hydrogen (secondary N) is 4. The van der Waals surface area contributed by atoms with Crippen LogP contribution in [0.4, 0.5) is 14.4 Å². The lowest BCUT2D eigenvalue weighted by molar-refractivity contribution is -0.150. The largest absolute Gasteiger partial charge is 0.463 e. The highest BCUT2D eigenvalue weighted by molar-refractivity contribution is 6.58. The molecule has 0 saturated heterocycles. The van der Waals surface area contributed by atoms with Crippen molar-refractivity contribution in [2.45, 2.75) is 26.7 Å². The summed E-state index contributed by atoms with van der Waals surface area (Å²) in [5.41, 5.74) is -0.119. The summed E-state index contributed by atoms with van der Waals surface area (Å²) in [5, 5.41) is 10.2. The fraction of sp³-hybridized carbons (Fsp3) is 0.806. The molecule has 0 aliphatic rings. The molecule has 52 heavy (non-hydrogen) atoms. The molecule has 4 N–H and O–H groups in total. The summed E-state index contributed by atoms with van der Waals surface area (Å²) < 4.78 is 46.4. The Kier molecular flexibility index (Phi) is 33.1. The number of carbonyl (C=O) groups excluding carboxylic acids is 6. The van der Waals surface area contributed by atoms with Gasteiger partial charge < -0.3 is 68.7 Å². The van der Waals surface area contributed by atoms with E-state index in [1.54, 1.807) is 4.90 Å². The first-order chi connectivity index (χ1) is 25.2. The van der Waals surface area contributed by atoms with E-state index in [0.717, 1.165) is 12.8 Å². The molecule has 21 heteroatoms. The third kappa shape index (κ3) is 34.7. The second kappa shape index (κ2) is 35.6. The number of alkyl carbamates (subject to hydrolysis) is 3. The monoisotopic (exact) mass is 751 g/mol. The molecule has 0 saturated carbocycles. The van der Waals surface area contributed by atoms with Gasteiger partial charge in [-0.3, -0.25) is 9.69 Å². The van der Waals surface area contributed by atoms with Crippen molar-refractivity contribution < 1.29 is 71.4 Å². The first-order valence-corrected chi connectivity index (χ1v) is 17.4. The van der Waals surface area contributed by atoms with Crippen LogP contribution in [0.1, 0.15) is 26.7 Å². The van der Waals surface area contributed by atoms with Gasteiger partial charge in [0.05, 0.1) is 71.8 Å². The van der Waals surface area contributed by atoms with E-state index < -0.39 is 36.8 Å². The maximum absolute atomic E-state index is 12.0. The van der Waals surface area contributed by atoms with Crippen molar-refractivity contribution >= 4 is 43.7 Å². The van der Waals surface area contributed by atoms with Crippen molar-refractivity contribution in [3.63, 3.8) is 0 Å². The molecule has 20 nitrogen and oxygen atoms in total. The molecule has 0 aromatic carbocycles. The van der Waals surface area contributed by atoms with E-state index in [2.05, 4.69) is 21.3 Å². The molecule has 0 spiro atoms. The SMILES string of the molecule is BC(=O)CN(CCOC(=O)COCC(=O)NCCOCCOCCNC(=O)OCCC)CCOC(=O)NCCOCCOCCNC(=O)OCCC. The molecular formula is C31H58BN5O15. The summed E-state index contributed by atoms with van der Waals surface area (Å²) in [7, 11) is 1.41. The molecule has 0 unspecified atom stereocenters. The molecule has 0 aromatic rings. The summed E-state index contributed by atoms with van der Waals surface area (Å²) >= 11 is 0. The fourth-order valence-electron chi connectivity index (χ4n) is 3.59. The minimum absolute atomic E-state index is 0.00481.